The van der Waals surface area contributed by atoms with Gasteiger partial charge in [0.2, 0.25) is 5.91 Å². The topological polar surface area (TPSA) is 55.8 Å². The molecule has 6 heteroatoms. The molecule has 1 aliphatic rings. The van der Waals surface area contributed by atoms with E-state index in [2.05, 4.69) is 0 Å². The molecule has 0 spiro atoms. The summed E-state index contributed by atoms with van der Waals surface area (Å²) in [6, 6.07) is 8.70. The van der Waals surface area contributed by atoms with Crippen LogP contribution in [-0.2, 0) is 18.5 Å². The van der Waals surface area contributed by atoms with Gasteiger partial charge in [0.05, 0.1) is 11.9 Å². The van der Waals surface area contributed by atoms with E-state index in [1.165, 1.54) is 0 Å². The van der Waals surface area contributed by atoms with Crippen molar-refractivity contribution >= 4 is 18.8 Å². The first-order valence-corrected chi connectivity index (χ1v) is 7.50. The van der Waals surface area contributed by atoms with Gasteiger partial charge in [0.1, 0.15) is 0 Å². The van der Waals surface area contributed by atoms with Crippen molar-refractivity contribution in [2.45, 2.75) is 19.8 Å². The van der Waals surface area contributed by atoms with E-state index in [0.717, 1.165) is 11.5 Å². The molecule has 0 N–H and O–H groups in total. The van der Waals surface area contributed by atoms with E-state index < -0.39 is 7.60 Å². The van der Waals surface area contributed by atoms with Crippen LogP contribution in [0.25, 0.3) is 0 Å². The molecule has 5 nitrogen and oxygen atoms in total. The summed E-state index contributed by atoms with van der Waals surface area (Å²) in [5, 5.41) is 1.62. The summed E-state index contributed by atoms with van der Waals surface area (Å²) in [4.78, 5) is 11.5. The number of hydrogen-bond acceptors (Lipinski definition) is 4. The van der Waals surface area contributed by atoms with Crippen molar-refractivity contribution in [2.24, 2.45) is 0 Å². The zero-order valence-electron chi connectivity index (χ0n) is 10.2. The van der Waals surface area contributed by atoms with Crippen LogP contribution in [0.4, 0.5) is 0 Å². The number of amides is 1. The van der Waals surface area contributed by atoms with Gasteiger partial charge in [-0.2, -0.15) is 4.62 Å². The predicted molar refractivity (Wildman–Crippen MR) is 67.3 cm³/mol. The molecule has 1 aliphatic heterocycles. The van der Waals surface area contributed by atoms with E-state index in [0.29, 0.717) is 18.3 Å². The molecule has 1 saturated heterocycles. The van der Waals surface area contributed by atoms with Gasteiger partial charge in [-0.1, -0.05) is 18.2 Å². The molecule has 0 aromatic heterocycles. The van der Waals surface area contributed by atoms with Crippen LogP contribution < -0.4 is 5.30 Å². The van der Waals surface area contributed by atoms with Crippen molar-refractivity contribution < 1.29 is 18.5 Å². The van der Waals surface area contributed by atoms with Crippen LogP contribution in [0.5, 0.6) is 0 Å². The Kier molecular flexibility index (Phi) is 4.17. The monoisotopic (exact) mass is 269 g/mol. The highest BCUT2D eigenvalue weighted by Crippen LogP contribution is 2.48. The van der Waals surface area contributed by atoms with Crippen LogP contribution >= 0.6 is 7.60 Å². The minimum atomic E-state index is -3.45. The highest BCUT2D eigenvalue weighted by Gasteiger charge is 2.34. The van der Waals surface area contributed by atoms with Gasteiger partial charge in [0.25, 0.3) is 0 Å². The van der Waals surface area contributed by atoms with Gasteiger partial charge < -0.3 is 4.52 Å². The number of benzene rings is 1. The van der Waals surface area contributed by atoms with Gasteiger partial charge in [-0.15, -0.1) is 0 Å². The number of hydroxylamine groups is 2. The summed E-state index contributed by atoms with van der Waals surface area (Å²) in [7, 11) is -3.45. The summed E-state index contributed by atoms with van der Waals surface area (Å²) in [6.07, 6.45) is 1.15. The lowest BCUT2D eigenvalue weighted by Crippen LogP contribution is -2.26. The Morgan fingerprint density at radius 1 is 1.33 bits per heavy atom. The third kappa shape index (κ3) is 2.80. The van der Waals surface area contributed by atoms with Crippen LogP contribution in [0.15, 0.2) is 30.3 Å². The zero-order chi connectivity index (χ0) is 13.0. The first kappa shape index (κ1) is 13.3. The molecule has 1 fully saturated rings. The zero-order valence-corrected chi connectivity index (χ0v) is 11.1. The maximum atomic E-state index is 12.7. The fraction of sp³-hybridized carbons (Fsp3) is 0.417. The Morgan fingerprint density at radius 2 is 2.06 bits per heavy atom. The first-order chi connectivity index (χ1) is 8.65. The number of carbonyl (C=O) groups excluding carboxylic acids is 1. The molecule has 0 bridgehead atoms. The molecule has 0 saturated carbocycles. The Bertz CT molecular complexity index is 462. The maximum absolute atomic E-state index is 12.7. The summed E-state index contributed by atoms with van der Waals surface area (Å²) in [5.41, 5.74) is 0. The minimum Gasteiger partial charge on any atom is -0.304 e. The molecule has 1 atom stereocenters. The van der Waals surface area contributed by atoms with Crippen molar-refractivity contribution in [3.05, 3.63) is 30.3 Å². The van der Waals surface area contributed by atoms with Crippen LogP contribution in [0.2, 0.25) is 0 Å². The van der Waals surface area contributed by atoms with Gasteiger partial charge in [0, 0.05) is 13.0 Å². The SMILES string of the molecule is CCOP(=O)(ON1CCCC1=O)c1ccccc1. The fourth-order valence-corrected chi connectivity index (χ4v) is 3.37. The summed E-state index contributed by atoms with van der Waals surface area (Å²) in [5.74, 6) is -0.147. The van der Waals surface area contributed by atoms with E-state index in [4.69, 9.17) is 9.15 Å². The number of carbonyl (C=O) groups is 1. The van der Waals surface area contributed by atoms with E-state index in [9.17, 15) is 9.36 Å². The highest BCUT2D eigenvalue weighted by molar-refractivity contribution is 7.62. The van der Waals surface area contributed by atoms with Crippen molar-refractivity contribution in [3.63, 3.8) is 0 Å². The predicted octanol–water partition coefficient (Wildman–Crippen LogP) is 2.10. The van der Waals surface area contributed by atoms with Crippen molar-refractivity contribution in [1.82, 2.24) is 5.06 Å². The van der Waals surface area contributed by atoms with Gasteiger partial charge >= 0.3 is 7.60 Å². The number of hydrogen-bond donors (Lipinski definition) is 0. The molecule has 2 rings (SSSR count). The van der Waals surface area contributed by atoms with E-state index >= 15 is 0 Å². The third-order valence-corrected chi connectivity index (χ3v) is 4.55. The standard InChI is InChI=1S/C12H16NO4P/c1-2-16-18(15,11-7-4-3-5-8-11)17-13-10-6-9-12(13)14/h3-5,7-8H,2,6,9-10H2,1H3. The Morgan fingerprint density at radius 3 is 2.61 bits per heavy atom. The van der Waals surface area contributed by atoms with Gasteiger partial charge in [-0.25, -0.2) is 5.06 Å². The molecule has 98 valence electrons. The molecule has 1 aromatic rings. The van der Waals surface area contributed by atoms with Gasteiger partial charge in [-0.3, -0.25) is 9.36 Å². The lowest BCUT2D eigenvalue weighted by atomic mass is 10.4. The molecule has 1 heterocycles. The molecule has 1 unspecified atom stereocenters. The Labute approximate surface area is 106 Å². The smallest absolute Gasteiger partial charge is 0.304 e. The summed E-state index contributed by atoms with van der Waals surface area (Å²) >= 11 is 0. The second-order valence-electron chi connectivity index (χ2n) is 3.93. The molecule has 0 radical (unpaired) electrons. The van der Waals surface area contributed by atoms with E-state index in [1.807, 2.05) is 6.07 Å². The van der Waals surface area contributed by atoms with E-state index in [1.54, 1.807) is 31.2 Å². The molecular formula is C12H16NO4P. The molecule has 1 aromatic carbocycles. The lowest BCUT2D eigenvalue weighted by Gasteiger charge is -2.23. The molecule has 18 heavy (non-hydrogen) atoms. The Hall–Kier alpha value is -1.16. The van der Waals surface area contributed by atoms with Crippen molar-refractivity contribution in [2.75, 3.05) is 13.2 Å². The summed E-state index contributed by atoms with van der Waals surface area (Å²) in [6.45, 7) is 2.46. The normalized spacial score (nSPS) is 18.9. The van der Waals surface area contributed by atoms with Gasteiger partial charge in [0.15, 0.2) is 0 Å². The highest BCUT2D eigenvalue weighted by atomic mass is 31.2. The van der Waals surface area contributed by atoms with Crippen molar-refractivity contribution in [3.8, 4) is 0 Å². The number of rotatable bonds is 5. The van der Waals surface area contributed by atoms with Crippen molar-refractivity contribution in [1.29, 1.82) is 0 Å². The van der Waals surface area contributed by atoms with Crippen LogP contribution in [0, 0.1) is 0 Å². The second-order valence-corrected chi connectivity index (χ2v) is 5.86. The average Bonchev–Trinajstić information content (AvgIpc) is 2.76. The molecule has 0 aliphatic carbocycles. The maximum Gasteiger partial charge on any atom is 0.382 e. The number of nitrogens with zero attached hydrogens (tertiary/aromatic N) is 1. The fourth-order valence-electron chi connectivity index (χ4n) is 1.77. The van der Waals surface area contributed by atoms with E-state index in [-0.39, 0.29) is 12.5 Å². The van der Waals surface area contributed by atoms with Crippen LogP contribution in [0.1, 0.15) is 19.8 Å². The lowest BCUT2D eigenvalue weighted by molar-refractivity contribution is -0.151. The molecule has 1 amide bonds. The van der Waals surface area contributed by atoms with Crippen LogP contribution in [0.3, 0.4) is 0 Å². The molecular weight excluding hydrogens is 253 g/mol. The average molecular weight is 269 g/mol. The van der Waals surface area contributed by atoms with Crippen LogP contribution in [-0.4, -0.2) is 24.1 Å². The minimum absolute atomic E-state index is 0.147. The third-order valence-electron chi connectivity index (χ3n) is 2.61. The quantitative estimate of drug-likeness (QED) is 0.768. The summed E-state index contributed by atoms with van der Waals surface area (Å²) < 4.78 is 23.3. The second kappa shape index (κ2) is 5.65. The first-order valence-electron chi connectivity index (χ1n) is 5.96. The Balaban J connectivity index is 2.21. The van der Waals surface area contributed by atoms with Gasteiger partial charge in [-0.05, 0) is 25.5 Å². The largest absolute Gasteiger partial charge is 0.382 e.